The standard InChI is InChI=1S/C17H13Cl5N2O4/c1-3-28-17(26)14-13(8-6-7(27-2)4-5-9(8)23-14)24-16(25)12(20)10(18)11(19)15(21)22/h4-6,23H,3H2,1-2H3,(H,24,25)/b12-10+. The summed E-state index contributed by atoms with van der Waals surface area (Å²) in [6.07, 6.45) is 0. The molecule has 1 heterocycles. The van der Waals surface area contributed by atoms with Crippen LogP contribution in [0.3, 0.4) is 0 Å². The molecule has 28 heavy (non-hydrogen) atoms. The average molecular weight is 487 g/mol. The first-order valence-corrected chi connectivity index (χ1v) is 9.54. The number of aromatic amines is 1. The molecular weight excluding hydrogens is 473 g/mol. The summed E-state index contributed by atoms with van der Waals surface area (Å²) in [6.45, 7) is 1.80. The molecule has 0 saturated heterocycles. The Kier molecular flexibility index (Phi) is 7.92. The number of nitrogens with one attached hydrogen (secondary N) is 2. The number of H-pyrrole nitrogens is 1. The topological polar surface area (TPSA) is 80.4 Å². The molecule has 0 bridgehead atoms. The molecule has 0 saturated carbocycles. The Balaban J connectivity index is 2.56. The minimum atomic E-state index is -0.839. The third-order valence-electron chi connectivity index (χ3n) is 3.47. The largest absolute Gasteiger partial charge is 0.497 e. The lowest BCUT2D eigenvalue weighted by atomic mass is 10.2. The Morgan fingerprint density at radius 2 is 1.75 bits per heavy atom. The normalized spacial score (nSPS) is 11.7. The average Bonchev–Trinajstić information content (AvgIpc) is 3.03. The molecule has 2 rings (SSSR count). The maximum atomic E-state index is 12.6. The maximum Gasteiger partial charge on any atom is 0.356 e. The van der Waals surface area contributed by atoms with Crippen LogP contribution in [0.1, 0.15) is 17.4 Å². The fourth-order valence-corrected chi connectivity index (χ4v) is 2.98. The maximum absolute atomic E-state index is 12.6. The molecule has 2 aromatic rings. The highest BCUT2D eigenvalue weighted by molar-refractivity contribution is 6.62. The highest BCUT2D eigenvalue weighted by Crippen LogP contribution is 2.34. The van der Waals surface area contributed by atoms with Crippen molar-refractivity contribution < 1.29 is 19.1 Å². The van der Waals surface area contributed by atoms with E-state index in [4.69, 9.17) is 67.5 Å². The molecule has 1 aromatic heterocycles. The molecule has 0 unspecified atom stereocenters. The highest BCUT2D eigenvalue weighted by Gasteiger charge is 2.24. The van der Waals surface area contributed by atoms with Crippen molar-refractivity contribution in [1.29, 1.82) is 0 Å². The van der Waals surface area contributed by atoms with Crippen molar-refractivity contribution in [2.75, 3.05) is 19.0 Å². The van der Waals surface area contributed by atoms with Crippen molar-refractivity contribution in [3.05, 3.63) is 43.5 Å². The summed E-state index contributed by atoms with van der Waals surface area (Å²) >= 11 is 28.8. The predicted molar refractivity (Wildman–Crippen MR) is 113 cm³/mol. The number of anilines is 1. The molecule has 1 amide bonds. The number of esters is 1. The van der Waals surface area contributed by atoms with Crippen LogP contribution in [0.5, 0.6) is 5.75 Å². The van der Waals surface area contributed by atoms with E-state index < -0.39 is 16.9 Å². The van der Waals surface area contributed by atoms with Crippen molar-refractivity contribution in [2.45, 2.75) is 6.92 Å². The first kappa shape index (κ1) is 22.7. The van der Waals surface area contributed by atoms with Gasteiger partial charge >= 0.3 is 5.97 Å². The number of benzene rings is 1. The van der Waals surface area contributed by atoms with Crippen LogP contribution in [-0.2, 0) is 9.53 Å². The molecule has 0 fully saturated rings. The minimum absolute atomic E-state index is 0.0241. The van der Waals surface area contributed by atoms with Gasteiger partial charge in [0, 0.05) is 10.9 Å². The van der Waals surface area contributed by atoms with Crippen molar-refractivity contribution in [1.82, 2.24) is 4.98 Å². The molecule has 0 aliphatic rings. The van der Waals surface area contributed by atoms with Gasteiger partial charge in [-0.3, -0.25) is 4.79 Å². The van der Waals surface area contributed by atoms with Crippen LogP contribution < -0.4 is 10.1 Å². The second-order valence-corrected chi connectivity index (χ2v) is 7.25. The number of carbonyl (C=O) groups excluding carboxylic acids is 2. The van der Waals surface area contributed by atoms with Gasteiger partial charge in [0.05, 0.1) is 29.5 Å². The number of allylic oxidation sites excluding steroid dienone is 2. The van der Waals surface area contributed by atoms with E-state index in [0.717, 1.165) is 0 Å². The Hall–Kier alpha value is -1.57. The summed E-state index contributed by atoms with van der Waals surface area (Å²) in [4.78, 5) is 27.8. The van der Waals surface area contributed by atoms with E-state index in [9.17, 15) is 9.59 Å². The second kappa shape index (κ2) is 9.76. The number of hydrogen-bond acceptors (Lipinski definition) is 4. The smallest absolute Gasteiger partial charge is 0.356 e. The van der Waals surface area contributed by atoms with Crippen LogP contribution in [0.15, 0.2) is 37.8 Å². The molecular formula is C17H13Cl5N2O4. The quantitative estimate of drug-likeness (QED) is 0.304. The van der Waals surface area contributed by atoms with Crippen molar-refractivity contribution in [3.63, 3.8) is 0 Å². The number of halogens is 5. The zero-order valence-electron chi connectivity index (χ0n) is 14.5. The molecule has 1 aromatic carbocycles. The molecule has 0 aliphatic carbocycles. The van der Waals surface area contributed by atoms with Gasteiger partial charge in [-0.25, -0.2) is 4.79 Å². The van der Waals surface area contributed by atoms with Gasteiger partial charge < -0.3 is 19.8 Å². The number of carbonyl (C=O) groups is 2. The first-order valence-electron chi connectivity index (χ1n) is 7.65. The van der Waals surface area contributed by atoms with Gasteiger partial charge in [-0.1, -0.05) is 58.0 Å². The first-order chi connectivity index (χ1) is 13.2. The van der Waals surface area contributed by atoms with E-state index in [1.165, 1.54) is 7.11 Å². The molecule has 2 N–H and O–H groups in total. The zero-order valence-corrected chi connectivity index (χ0v) is 18.2. The Labute approximate surface area is 185 Å². The van der Waals surface area contributed by atoms with Crippen LogP contribution in [0.25, 0.3) is 10.9 Å². The highest BCUT2D eigenvalue weighted by atomic mass is 35.5. The summed E-state index contributed by atoms with van der Waals surface area (Å²) in [7, 11) is 1.49. The lowest BCUT2D eigenvalue weighted by Crippen LogP contribution is -2.16. The monoisotopic (exact) mass is 484 g/mol. The summed E-state index contributed by atoms with van der Waals surface area (Å²) in [5.74, 6) is -0.994. The SMILES string of the molecule is CCOC(=O)c1[nH]c2ccc(OC)cc2c1NC(=O)/C(Cl)=C(\Cl)C(Cl)=C(Cl)Cl. The molecule has 0 atom stereocenters. The van der Waals surface area contributed by atoms with Crippen LogP contribution in [-0.4, -0.2) is 30.6 Å². The summed E-state index contributed by atoms with van der Waals surface area (Å²) in [5, 5.41) is 1.90. The number of rotatable bonds is 6. The Morgan fingerprint density at radius 3 is 2.32 bits per heavy atom. The number of hydrogen-bond donors (Lipinski definition) is 2. The fourth-order valence-electron chi connectivity index (χ4n) is 2.23. The summed E-state index contributed by atoms with van der Waals surface area (Å²) < 4.78 is 9.86. The van der Waals surface area contributed by atoms with Gasteiger partial charge in [0.15, 0.2) is 0 Å². The van der Waals surface area contributed by atoms with Crippen molar-refractivity contribution in [3.8, 4) is 5.75 Å². The Bertz CT molecular complexity index is 993. The van der Waals surface area contributed by atoms with Gasteiger partial charge in [0.1, 0.15) is 21.0 Å². The summed E-state index contributed by atoms with van der Waals surface area (Å²) in [6, 6.07) is 5.01. The fraction of sp³-hybridized carbons (Fsp3) is 0.176. The molecule has 150 valence electrons. The van der Waals surface area contributed by atoms with Gasteiger partial charge in [-0.15, -0.1) is 0 Å². The third-order valence-corrected chi connectivity index (χ3v) is 5.36. The van der Waals surface area contributed by atoms with Crippen LogP contribution >= 0.6 is 58.0 Å². The summed E-state index contributed by atoms with van der Waals surface area (Å²) in [5.41, 5.74) is 0.722. The number of fused-ring (bicyclic) bond motifs is 1. The van der Waals surface area contributed by atoms with Gasteiger partial charge in [-0.05, 0) is 25.1 Å². The molecule has 0 spiro atoms. The number of methoxy groups -OCH3 is 1. The van der Waals surface area contributed by atoms with Gasteiger partial charge in [-0.2, -0.15) is 0 Å². The molecule has 0 radical (unpaired) electrons. The predicted octanol–water partition coefficient (Wildman–Crippen LogP) is 5.87. The van der Waals surface area contributed by atoms with E-state index in [1.807, 2.05) is 0 Å². The van der Waals surface area contributed by atoms with Gasteiger partial charge in [0.2, 0.25) is 0 Å². The third kappa shape index (κ3) is 4.88. The Morgan fingerprint density at radius 1 is 1.07 bits per heavy atom. The number of amides is 1. The van der Waals surface area contributed by atoms with Gasteiger partial charge in [0.25, 0.3) is 5.91 Å². The zero-order chi connectivity index (χ0) is 21.0. The van der Waals surface area contributed by atoms with E-state index in [1.54, 1.807) is 25.1 Å². The van der Waals surface area contributed by atoms with Crippen molar-refractivity contribution in [2.24, 2.45) is 0 Å². The van der Waals surface area contributed by atoms with E-state index in [0.29, 0.717) is 16.7 Å². The van der Waals surface area contributed by atoms with Crippen LogP contribution in [0.2, 0.25) is 0 Å². The lowest BCUT2D eigenvalue weighted by molar-refractivity contribution is -0.112. The van der Waals surface area contributed by atoms with Crippen molar-refractivity contribution >= 4 is 86.5 Å². The lowest BCUT2D eigenvalue weighted by Gasteiger charge is -2.08. The van der Waals surface area contributed by atoms with E-state index in [-0.39, 0.29) is 32.5 Å². The van der Waals surface area contributed by atoms with Crippen LogP contribution in [0, 0.1) is 0 Å². The number of aromatic nitrogens is 1. The van der Waals surface area contributed by atoms with E-state index >= 15 is 0 Å². The molecule has 0 aliphatic heterocycles. The number of ether oxygens (including phenoxy) is 2. The molecule has 6 nitrogen and oxygen atoms in total. The van der Waals surface area contributed by atoms with E-state index in [2.05, 4.69) is 10.3 Å². The molecule has 11 heteroatoms. The minimum Gasteiger partial charge on any atom is -0.497 e. The second-order valence-electron chi connectivity index (χ2n) is 5.16. The van der Waals surface area contributed by atoms with Crippen LogP contribution in [0.4, 0.5) is 5.69 Å².